The number of methoxy groups -OCH3 is 2. The number of Topliss-reactive ketones (excluding diaryl/α,β-unsaturated/α-hetero) is 1. The number of rotatable bonds is 8. The highest BCUT2D eigenvalue weighted by Crippen LogP contribution is 2.24. The van der Waals surface area contributed by atoms with Gasteiger partial charge in [0.05, 0.1) is 19.8 Å². The molecule has 2 aromatic carbocycles. The van der Waals surface area contributed by atoms with Crippen molar-refractivity contribution in [3.8, 4) is 17.2 Å². The summed E-state index contributed by atoms with van der Waals surface area (Å²) in [7, 11) is 2.91. The molecule has 0 bridgehead atoms. The predicted molar refractivity (Wildman–Crippen MR) is 91.3 cm³/mol. The summed E-state index contributed by atoms with van der Waals surface area (Å²) in [6.07, 6.45) is -0.958. The van der Waals surface area contributed by atoms with Gasteiger partial charge in [-0.1, -0.05) is 0 Å². The van der Waals surface area contributed by atoms with Crippen LogP contribution in [0.15, 0.2) is 42.5 Å². The predicted octanol–water partition coefficient (Wildman–Crippen LogP) is 3.04. The van der Waals surface area contributed by atoms with Crippen LogP contribution in [0.3, 0.4) is 0 Å². The highest BCUT2D eigenvalue weighted by atomic mass is 19.1. The molecular weight excluding hydrogens is 343 g/mol. The van der Waals surface area contributed by atoms with Crippen LogP contribution in [-0.4, -0.2) is 38.7 Å². The van der Waals surface area contributed by atoms with Crippen molar-refractivity contribution in [2.24, 2.45) is 0 Å². The molecule has 0 fully saturated rings. The van der Waals surface area contributed by atoms with E-state index in [9.17, 15) is 14.0 Å². The Balaban J connectivity index is 1.95. The number of benzene rings is 2. The number of halogens is 1. The van der Waals surface area contributed by atoms with Crippen molar-refractivity contribution in [2.45, 2.75) is 13.0 Å². The Morgan fingerprint density at radius 1 is 1.00 bits per heavy atom. The fourth-order valence-corrected chi connectivity index (χ4v) is 2.13. The minimum atomic E-state index is -0.958. The van der Waals surface area contributed by atoms with Gasteiger partial charge < -0.3 is 18.9 Å². The molecule has 0 unspecified atom stereocenters. The first kappa shape index (κ1) is 19.2. The van der Waals surface area contributed by atoms with E-state index in [-0.39, 0.29) is 5.56 Å². The van der Waals surface area contributed by atoms with Crippen molar-refractivity contribution in [3.05, 3.63) is 53.8 Å². The summed E-state index contributed by atoms with van der Waals surface area (Å²) in [6, 6.07) is 9.97. The van der Waals surface area contributed by atoms with E-state index in [2.05, 4.69) is 0 Å². The molecule has 26 heavy (non-hydrogen) atoms. The van der Waals surface area contributed by atoms with Crippen LogP contribution in [0.2, 0.25) is 0 Å². The summed E-state index contributed by atoms with van der Waals surface area (Å²) in [6.45, 7) is 1.00. The highest BCUT2D eigenvalue weighted by Gasteiger charge is 2.20. The van der Waals surface area contributed by atoms with Crippen LogP contribution < -0.4 is 14.2 Å². The van der Waals surface area contributed by atoms with Gasteiger partial charge in [-0.15, -0.1) is 0 Å². The standard InChI is InChI=1S/C19H19FO6/c1-12(26-14-6-4-13(20)5-7-14)19(22)25-11-17(21)16-10-15(23-2)8-9-18(16)24-3/h4-10,12H,11H2,1-3H3/t12-/m1/s1. The first-order valence-corrected chi connectivity index (χ1v) is 7.78. The SMILES string of the molecule is COc1ccc(OC)c(C(=O)COC(=O)[C@@H](C)Oc2ccc(F)cc2)c1. The largest absolute Gasteiger partial charge is 0.497 e. The number of ether oxygens (including phenoxy) is 4. The van der Waals surface area contributed by atoms with Gasteiger partial charge in [-0.3, -0.25) is 4.79 Å². The molecule has 0 aliphatic rings. The molecular formula is C19H19FO6. The molecule has 0 aliphatic carbocycles. The van der Waals surface area contributed by atoms with Gasteiger partial charge in [-0.2, -0.15) is 0 Å². The zero-order valence-corrected chi connectivity index (χ0v) is 14.7. The monoisotopic (exact) mass is 362 g/mol. The van der Waals surface area contributed by atoms with Crippen LogP contribution in [0, 0.1) is 5.82 Å². The van der Waals surface area contributed by atoms with Gasteiger partial charge in [0.2, 0.25) is 5.78 Å². The molecule has 0 saturated carbocycles. The molecule has 6 nitrogen and oxygen atoms in total. The molecule has 0 amide bonds. The number of hydrogen-bond donors (Lipinski definition) is 0. The molecule has 1 atom stereocenters. The third-order valence-electron chi connectivity index (χ3n) is 3.51. The van der Waals surface area contributed by atoms with E-state index in [1.54, 1.807) is 12.1 Å². The maximum Gasteiger partial charge on any atom is 0.347 e. The second-order valence-electron chi connectivity index (χ2n) is 5.31. The minimum absolute atomic E-state index is 0.242. The van der Waals surface area contributed by atoms with Crippen LogP contribution in [0.5, 0.6) is 17.2 Å². The average Bonchev–Trinajstić information content (AvgIpc) is 2.66. The zero-order chi connectivity index (χ0) is 19.1. The maximum atomic E-state index is 12.9. The van der Waals surface area contributed by atoms with Crippen LogP contribution in [-0.2, 0) is 9.53 Å². The molecule has 138 valence electrons. The molecule has 0 saturated heterocycles. The third-order valence-corrected chi connectivity index (χ3v) is 3.51. The molecule has 0 aliphatic heterocycles. The zero-order valence-electron chi connectivity index (χ0n) is 14.7. The Morgan fingerprint density at radius 3 is 2.27 bits per heavy atom. The van der Waals surface area contributed by atoms with E-state index < -0.39 is 30.3 Å². The van der Waals surface area contributed by atoms with Gasteiger partial charge in [-0.05, 0) is 49.4 Å². The van der Waals surface area contributed by atoms with Gasteiger partial charge >= 0.3 is 5.97 Å². The molecule has 0 heterocycles. The molecule has 2 rings (SSSR count). The lowest BCUT2D eigenvalue weighted by Crippen LogP contribution is -2.28. The summed E-state index contributed by atoms with van der Waals surface area (Å²) >= 11 is 0. The Bertz CT molecular complexity index is 772. The number of carbonyl (C=O) groups is 2. The van der Waals surface area contributed by atoms with Crippen molar-refractivity contribution in [2.75, 3.05) is 20.8 Å². The van der Waals surface area contributed by atoms with Crippen molar-refractivity contribution in [3.63, 3.8) is 0 Å². The Hall–Kier alpha value is -3.09. The Labute approximate surface area is 150 Å². The minimum Gasteiger partial charge on any atom is -0.497 e. The fraction of sp³-hybridized carbons (Fsp3) is 0.263. The Kier molecular flexibility index (Phi) is 6.54. The van der Waals surface area contributed by atoms with E-state index in [0.29, 0.717) is 17.2 Å². The van der Waals surface area contributed by atoms with E-state index in [1.807, 2.05) is 0 Å². The summed E-state index contributed by atoms with van der Waals surface area (Å²) in [5, 5.41) is 0. The Morgan fingerprint density at radius 2 is 1.65 bits per heavy atom. The first-order valence-electron chi connectivity index (χ1n) is 7.78. The van der Waals surface area contributed by atoms with E-state index >= 15 is 0 Å². The van der Waals surface area contributed by atoms with E-state index in [4.69, 9.17) is 18.9 Å². The molecule has 0 radical (unpaired) electrons. The molecule has 0 spiro atoms. The topological polar surface area (TPSA) is 71.1 Å². The molecule has 2 aromatic rings. The smallest absolute Gasteiger partial charge is 0.347 e. The lowest BCUT2D eigenvalue weighted by molar-refractivity contribution is -0.149. The normalized spacial score (nSPS) is 11.4. The van der Waals surface area contributed by atoms with Crippen LogP contribution in [0.4, 0.5) is 4.39 Å². The summed E-state index contributed by atoms with van der Waals surface area (Å²) in [5.41, 5.74) is 0.242. The summed E-state index contributed by atoms with van der Waals surface area (Å²) in [4.78, 5) is 24.3. The van der Waals surface area contributed by atoms with Crippen molar-refractivity contribution in [1.29, 1.82) is 0 Å². The lowest BCUT2D eigenvalue weighted by atomic mass is 10.1. The number of hydrogen-bond acceptors (Lipinski definition) is 6. The number of esters is 1. The van der Waals surface area contributed by atoms with Crippen molar-refractivity contribution >= 4 is 11.8 Å². The maximum absolute atomic E-state index is 12.9. The molecule has 7 heteroatoms. The van der Waals surface area contributed by atoms with E-state index in [1.165, 1.54) is 51.5 Å². The number of carbonyl (C=O) groups excluding carboxylic acids is 2. The quantitative estimate of drug-likeness (QED) is 0.531. The van der Waals surface area contributed by atoms with Crippen LogP contribution >= 0.6 is 0 Å². The second kappa shape index (κ2) is 8.84. The summed E-state index contributed by atoms with van der Waals surface area (Å²) in [5.74, 6) is -0.425. The van der Waals surface area contributed by atoms with Crippen molar-refractivity contribution < 1.29 is 32.9 Å². The fourth-order valence-electron chi connectivity index (χ4n) is 2.13. The number of ketones is 1. The third kappa shape index (κ3) is 4.95. The second-order valence-corrected chi connectivity index (χ2v) is 5.31. The van der Waals surface area contributed by atoms with Gasteiger partial charge in [-0.25, -0.2) is 9.18 Å². The van der Waals surface area contributed by atoms with Gasteiger partial charge in [0.25, 0.3) is 0 Å². The highest BCUT2D eigenvalue weighted by molar-refractivity contribution is 6.00. The van der Waals surface area contributed by atoms with Crippen LogP contribution in [0.25, 0.3) is 0 Å². The van der Waals surface area contributed by atoms with Gasteiger partial charge in [0, 0.05) is 0 Å². The van der Waals surface area contributed by atoms with Gasteiger partial charge in [0.15, 0.2) is 12.7 Å². The molecule has 0 N–H and O–H groups in total. The van der Waals surface area contributed by atoms with E-state index in [0.717, 1.165) is 0 Å². The van der Waals surface area contributed by atoms with Crippen LogP contribution in [0.1, 0.15) is 17.3 Å². The molecule has 0 aromatic heterocycles. The average molecular weight is 362 g/mol. The first-order chi connectivity index (χ1) is 12.4. The summed E-state index contributed by atoms with van der Waals surface area (Å²) < 4.78 is 33.4. The lowest BCUT2D eigenvalue weighted by Gasteiger charge is -2.14. The van der Waals surface area contributed by atoms with Gasteiger partial charge in [0.1, 0.15) is 23.1 Å². The van der Waals surface area contributed by atoms with Crippen molar-refractivity contribution in [1.82, 2.24) is 0 Å².